The Labute approximate surface area is 110 Å². The molecule has 2 rings (SSSR count). The predicted octanol–water partition coefficient (Wildman–Crippen LogP) is 1.03. The zero-order valence-corrected chi connectivity index (χ0v) is 11.0. The summed E-state index contributed by atoms with van der Waals surface area (Å²) in [5.41, 5.74) is 0. The Morgan fingerprint density at radius 2 is 2.00 bits per heavy atom. The van der Waals surface area contributed by atoms with Crippen LogP contribution >= 0.6 is 12.4 Å². The van der Waals surface area contributed by atoms with Crippen molar-refractivity contribution in [3.05, 3.63) is 29.8 Å². The molecule has 1 aromatic rings. The summed E-state index contributed by atoms with van der Waals surface area (Å²) < 4.78 is 51.7. The molecule has 0 radical (unpaired) electrons. The lowest BCUT2D eigenvalue weighted by molar-refractivity contribution is 0.503. The quantitative estimate of drug-likeness (QED) is 0.876. The van der Waals surface area contributed by atoms with Gasteiger partial charge in [-0.1, -0.05) is 0 Å². The van der Waals surface area contributed by atoms with E-state index in [1.165, 1.54) is 0 Å². The Kier molecular flexibility index (Phi) is 5.03. The summed E-state index contributed by atoms with van der Waals surface area (Å²) in [6, 6.07) is 2.33. The molecule has 1 atom stereocenters. The summed E-state index contributed by atoms with van der Waals surface area (Å²) in [7, 11) is -3.78. The fourth-order valence-electron chi connectivity index (χ4n) is 1.69. The monoisotopic (exact) mass is 298 g/mol. The molecule has 1 aliphatic rings. The van der Waals surface area contributed by atoms with Crippen LogP contribution in [0.1, 0.15) is 6.42 Å². The normalized spacial score (nSPS) is 19.6. The van der Waals surface area contributed by atoms with Crippen molar-refractivity contribution >= 4 is 22.4 Å². The summed E-state index contributed by atoms with van der Waals surface area (Å²) in [6.45, 7) is 1.29. The fraction of sp³-hybridized carbons (Fsp3) is 0.400. The zero-order valence-electron chi connectivity index (χ0n) is 9.32. The van der Waals surface area contributed by atoms with Crippen molar-refractivity contribution in [1.82, 2.24) is 10.0 Å². The van der Waals surface area contributed by atoms with Gasteiger partial charge in [0.1, 0.15) is 0 Å². The van der Waals surface area contributed by atoms with Gasteiger partial charge < -0.3 is 5.32 Å². The largest absolute Gasteiger partial charge is 0.315 e. The number of benzene rings is 1. The maximum Gasteiger partial charge on any atom is 0.240 e. The first-order valence-electron chi connectivity index (χ1n) is 5.17. The molecule has 102 valence electrons. The summed E-state index contributed by atoms with van der Waals surface area (Å²) in [6.07, 6.45) is 0.683. The molecule has 4 nitrogen and oxygen atoms in total. The maximum atomic E-state index is 12.9. The van der Waals surface area contributed by atoms with E-state index in [1.54, 1.807) is 0 Å². The van der Waals surface area contributed by atoms with Crippen molar-refractivity contribution in [2.45, 2.75) is 17.4 Å². The first kappa shape index (κ1) is 15.3. The molecule has 18 heavy (non-hydrogen) atoms. The second kappa shape index (κ2) is 5.92. The van der Waals surface area contributed by atoms with Gasteiger partial charge in [-0.3, -0.25) is 0 Å². The van der Waals surface area contributed by atoms with Gasteiger partial charge >= 0.3 is 0 Å². The minimum atomic E-state index is -3.78. The van der Waals surface area contributed by atoms with Gasteiger partial charge in [-0.2, -0.15) is 0 Å². The van der Waals surface area contributed by atoms with Crippen LogP contribution in [0.3, 0.4) is 0 Å². The number of sulfonamides is 1. The van der Waals surface area contributed by atoms with Gasteiger partial charge in [-0.15, -0.1) is 12.4 Å². The predicted molar refractivity (Wildman–Crippen MR) is 65.2 cm³/mol. The third-order valence-corrected chi connectivity index (χ3v) is 4.10. The molecular weight excluding hydrogens is 286 g/mol. The lowest BCUT2D eigenvalue weighted by Crippen LogP contribution is -2.36. The molecule has 1 unspecified atom stereocenters. The van der Waals surface area contributed by atoms with Crippen LogP contribution in [0.5, 0.6) is 0 Å². The lowest BCUT2D eigenvalue weighted by Gasteiger charge is -2.11. The highest BCUT2D eigenvalue weighted by atomic mass is 35.5. The average molecular weight is 299 g/mol. The highest BCUT2D eigenvalue weighted by Gasteiger charge is 2.23. The summed E-state index contributed by atoms with van der Waals surface area (Å²) in [5.74, 6) is -2.23. The number of halogens is 3. The van der Waals surface area contributed by atoms with Crippen LogP contribution in [0.15, 0.2) is 23.1 Å². The second-order valence-corrected chi connectivity index (χ2v) is 5.60. The van der Waals surface area contributed by atoms with Crippen LogP contribution < -0.4 is 10.0 Å². The van der Waals surface area contributed by atoms with E-state index < -0.39 is 21.7 Å². The molecule has 0 saturated carbocycles. The van der Waals surface area contributed by atoms with Crippen LogP contribution in [0.25, 0.3) is 0 Å². The minimum absolute atomic E-state index is 0. The lowest BCUT2D eigenvalue weighted by atomic mass is 10.3. The first-order chi connectivity index (χ1) is 7.99. The van der Waals surface area contributed by atoms with Crippen molar-refractivity contribution in [3.8, 4) is 0 Å². The van der Waals surface area contributed by atoms with E-state index in [0.717, 1.165) is 18.7 Å². The van der Waals surface area contributed by atoms with Gasteiger partial charge in [0.2, 0.25) is 10.0 Å². The molecule has 1 saturated heterocycles. The van der Waals surface area contributed by atoms with Gasteiger partial charge in [0.05, 0.1) is 4.90 Å². The smallest absolute Gasteiger partial charge is 0.240 e. The number of nitrogens with one attached hydrogen (secondary N) is 2. The molecule has 0 amide bonds. The third kappa shape index (κ3) is 3.38. The zero-order chi connectivity index (χ0) is 12.5. The Morgan fingerprint density at radius 1 is 1.28 bits per heavy atom. The molecule has 0 aliphatic carbocycles. The Balaban J connectivity index is 0.00000162. The molecule has 2 N–H and O–H groups in total. The van der Waals surface area contributed by atoms with E-state index in [0.29, 0.717) is 19.0 Å². The van der Waals surface area contributed by atoms with Gasteiger partial charge in [0, 0.05) is 12.6 Å². The molecule has 1 heterocycles. The molecule has 8 heteroatoms. The summed E-state index contributed by atoms with van der Waals surface area (Å²) >= 11 is 0. The highest BCUT2D eigenvalue weighted by Crippen LogP contribution is 2.14. The SMILES string of the molecule is Cl.O=S(=O)(NC1CCNC1)c1ccc(F)c(F)c1. The van der Waals surface area contributed by atoms with Crippen molar-refractivity contribution in [2.24, 2.45) is 0 Å². The fourth-order valence-corrected chi connectivity index (χ4v) is 2.97. The van der Waals surface area contributed by atoms with E-state index >= 15 is 0 Å². The van der Waals surface area contributed by atoms with Crippen LogP contribution in [-0.4, -0.2) is 27.5 Å². The maximum absolute atomic E-state index is 12.9. The summed E-state index contributed by atoms with van der Waals surface area (Å²) in [5, 5.41) is 3.01. The minimum Gasteiger partial charge on any atom is -0.315 e. The van der Waals surface area contributed by atoms with Gasteiger partial charge in [0.25, 0.3) is 0 Å². The van der Waals surface area contributed by atoms with Gasteiger partial charge in [-0.05, 0) is 31.2 Å². The molecular formula is C10H13ClF2N2O2S. The topological polar surface area (TPSA) is 58.2 Å². The van der Waals surface area contributed by atoms with Gasteiger partial charge in [0.15, 0.2) is 11.6 Å². The number of hydrogen-bond acceptors (Lipinski definition) is 3. The molecule has 0 spiro atoms. The molecule has 0 aromatic heterocycles. The second-order valence-electron chi connectivity index (χ2n) is 3.89. The average Bonchev–Trinajstić information content (AvgIpc) is 2.73. The van der Waals surface area contributed by atoms with E-state index in [9.17, 15) is 17.2 Å². The summed E-state index contributed by atoms with van der Waals surface area (Å²) in [4.78, 5) is -0.261. The number of hydrogen-bond donors (Lipinski definition) is 2. The van der Waals surface area contributed by atoms with E-state index in [-0.39, 0.29) is 23.3 Å². The van der Waals surface area contributed by atoms with Crippen LogP contribution in [0.4, 0.5) is 8.78 Å². The standard InChI is InChI=1S/C10H12F2N2O2S.ClH/c11-9-2-1-8(5-10(9)12)17(15,16)14-7-3-4-13-6-7;/h1-2,5,7,13-14H,3-4,6H2;1H. The van der Waals surface area contributed by atoms with Crippen molar-refractivity contribution in [3.63, 3.8) is 0 Å². The van der Waals surface area contributed by atoms with E-state index in [4.69, 9.17) is 0 Å². The molecule has 1 aromatic carbocycles. The van der Waals surface area contributed by atoms with Gasteiger partial charge in [-0.25, -0.2) is 21.9 Å². The molecule has 0 bridgehead atoms. The Hall–Kier alpha value is -0.760. The third-order valence-electron chi connectivity index (χ3n) is 2.58. The highest BCUT2D eigenvalue weighted by molar-refractivity contribution is 7.89. The van der Waals surface area contributed by atoms with Crippen molar-refractivity contribution in [2.75, 3.05) is 13.1 Å². The van der Waals surface area contributed by atoms with Crippen LogP contribution in [0, 0.1) is 11.6 Å². The van der Waals surface area contributed by atoms with E-state index in [2.05, 4.69) is 10.0 Å². The number of rotatable bonds is 3. The molecule has 1 aliphatic heterocycles. The Bertz CT molecular complexity index is 519. The van der Waals surface area contributed by atoms with Crippen LogP contribution in [-0.2, 0) is 10.0 Å². The Morgan fingerprint density at radius 3 is 2.56 bits per heavy atom. The first-order valence-corrected chi connectivity index (χ1v) is 6.65. The van der Waals surface area contributed by atoms with Crippen molar-refractivity contribution < 1.29 is 17.2 Å². The van der Waals surface area contributed by atoms with E-state index in [1.807, 2.05) is 0 Å². The molecule has 1 fully saturated rings. The van der Waals surface area contributed by atoms with Crippen LogP contribution in [0.2, 0.25) is 0 Å². The van der Waals surface area contributed by atoms with Crippen molar-refractivity contribution in [1.29, 1.82) is 0 Å².